The highest BCUT2D eigenvalue weighted by molar-refractivity contribution is 5.71. The topological polar surface area (TPSA) is 64.4 Å². The minimum atomic E-state index is -0.218. The van der Waals surface area contributed by atoms with Crippen LogP contribution in [0.1, 0.15) is 20.8 Å². The van der Waals surface area contributed by atoms with E-state index >= 15 is 0 Å². The van der Waals surface area contributed by atoms with Gasteiger partial charge in [-0.2, -0.15) is 0 Å². The molecule has 0 spiro atoms. The van der Waals surface area contributed by atoms with Gasteiger partial charge in [-0.25, -0.2) is 5.84 Å². The van der Waals surface area contributed by atoms with E-state index in [1.54, 1.807) is 7.11 Å². The van der Waals surface area contributed by atoms with Crippen LogP contribution < -0.4 is 11.3 Å². The Kier molecular flexibility index (Phi) is 10.2. The van der Waals surface area contributed by atoms with Gasteiger partial charge >= 0.3 is 0 Å². The molecular formula is C6H16N2O2. The summed E-state index contributed by atoms with van der Waals surface area (Å²) in [5.41, 5.74) is 1.89. The van der Waals surface area contributed by atoms with Gasteiger partial charge in [0.25, 0.3) is 0 Å². The van der Waals surface area contributed by atoms with Crippen LogP contribution in [-0.2, 0) is 9.53 Å². The third-order valence-electron chi connectivity index (χ3n) is 0.675. The van der Waals surface area contributed by atoms with E-state index in [9.17, 15) is 4.79 Å². The molecule has 0 heterocycles. The molecule has 3 N–H and O–H groups in total. The van der Waals surface area contributed by atoms with Gasteiger partial charge in [-0.1, -0.05) is 0 Å². The number of ether oxygens (including phenoxy) is 1. The van der Waals surface area contributed by atoms with Crippen molar-refractivity contribution in [3.63, 3.8) is 0 Å². The summed E-state index contributed by atoms with van der Waals surface area (Å²) in [6.45, 7) is 5.35. The molecule has 0 rings (SSSR count). The largest absolute Gasteiger partial charge is 0.382 e. The fourth-order valence-electron chi connectivity index (χ4n) is 0. The normalized spacial score (nSPS) is 8.20. The second-order valence-electron chi connectivity index (χ2n) is 1.98. The summed E-state index contributed by atoms with van der Waals surface area (Å²) in [7, 11) is 1.70. The average Bonchev–Trinajstić information content (AvgIpc) is 1.89. The second-order valence-corrected chi connectivity index (χ2v) is 1.98. The zero-order valence-corrected chi connectivity index (χ0v) is 6.97. The molecule has 0 aliphatic heterocycles. The molecule has 0 saturated heterocycles. The van der Waals surface area contributed by atoms with Gasteiger partial charge < -0.3 is 4.74 Å². The van der Waals surface area contributed by atoms with Crippen molar-refractivity contribution in [3.05, 3.63) is 0 Å². The number of nitrogens with two attached hydrogens (primary N) is 1. The summed E-state index contributed by atoms with van der Waals surface area (Å²) < 4.78 is 4.75. The minimum absolute atomic E-state index is 0.218. The van der Waals surface area contributed by atoms with E-state index in [2.05, 4.69) is 5.84 Å². The number of nitrogens with one attached hydrogen (secondary N) is 1. The molecule has 0 atom stereocenters. The van der Waals surface area contributed by atoms with Crippen LogP contribution in [0.3, 0.4) is 0 Å². The Hall–Kier alpha value is -0.610. The van der Waals surface area contributed by atoms with Crippen molar-refractivity contribution >= 4 is 5.91 Å². The molecular weight excluding hydrogens is 132 g/mol. The highest BCUT2D eigenvalue weighted by atomic mass is 16.5. The number of methoxy groups -OCH3 is 1. The molecule has 0 bridgehead atoms. The fourth-order valence-corrected chi connectivity index (χ4v) is 0. The van der Waals surface area contributed by atoms with E-state index in [1.807, 2.05) is 19.3 Å². The Morgan fingerprint density at radius 2 is 1.80 bits per heavy atom. The molecule has 0 aromatic rings. The number of carbonyl (C=O) groups excluding carboxylic acids is 1. The van der Waals surface area contributed by atoms with Gasteiger partial charge in [0.2, 0.25) is 5.91 Å². The second kappa shape index (κ2) is 8.39. The van der Waals surface area contributed by atoms with E-state index < -0.39 is 0 Å². The summed E-state index contributed by atoms with van der Waals surface area (Å²) in [5, 5.41) is 0. The minimum Gasteiger partial charge on any atom is -0.382 e. The SMILES string of the molecule is CC(=O)NN.COC(C)C. The van der Waals surface area contributed by atoms with Crippen molar-refractivity contribution in [2.24, 2.45) is 5.84 Å². The average molecular weight is 148 g/mol. The van der Waals surface area contributed by atoms with E-state index in [0.29, 0.717) is 6.10 Å². The van der Waals surface area contributed by atoms with Crippen molar-refractivity contribution < 1.29 is 9.53 Å². The molecule has 0 radical (unpaired) electrons. The molecule has 62 valence electrons. The monoisotopic (exact) mass is 148 g/mol. The summed E-state index contributed by atoms with van der Waals surface area (Å²) in [6, 6.07) is 0. The Bertz CT molecular complexity index is 83.8. The Labute approximate surface area is 61.7 Å². The van der Waals surface area contributed by atoms with Crippen LogP contribution in [0.5, 0.6) is 0 Å². The zero-order valence-electron chi connectivity index (χ0n) is 6.97. The van der Waals surface area contributed by atoms with Gasteiger partial charge in [0.1, 0.15) is 0 Å². The van der Waals surface area contributed by atoms with Gasteiger partial charge in [-0.15, -0.1) is 0 Å². The highest BCUT2D eigenvalue weighted by Crippen LogP contribution is 1.77. The number of hydrazine groups is 1. The van der Waals surface area contributed by atoms with Gasteiger partial charge in [0.05, 0.1) is 6.10 Å². The fraction of sp³-hybridized carbons (Fsp3) is 0.833. The first-order valence-corrected chi connectivity index (χ1v) is 3.04. The van der Waals surface area contributed by atoms with Crippen LogP contribution in [0, 0.1) is 0 Å². The van der Waals surface area contributed by atoms with Gasteiger partial charge in [-0.05, 0) is 13.8 Å². The Morgan fingerprint density at radius 1 is 1.60 bits per heavy atom. The lowest BCUT2D eigenvalue weighted by Crippen LogP contribution is -2.26. The molecule has 10 heavy (non-hydrogen) atoms. The first-order chi connectivity index (χ1) is 4.54. The van der Waals surface area contributed by atoms with E-state index in [-0.39, 0.29) is 5.91 Å². The maximum Gasteiger partial charge on any atom is 0.230 e. The van der Waals surface area contributed by atoms with Gasteiger partial charge in [0, 0.05) is 14.0 Å². The van der Waals surface area contributed by atoms with E-state index in [0.717, 1.165) is 0 Å². The summed E-state index contributed by atoms with van der Waals surface area (Å²) in [5.74, 6) is 4.35. The van der Waals surface area contributed by atoms with Crippen LogP contribution in [0.25, 0.3) is 0 Å². The van der Waals surface area contributed by atoms with Gasteiger partial charge in [-0.3, -0.25) is 10.2 Å². The molecule has 0 unspecified atom stereocenters. The maximum atomic E-state index is 9.58. The predicted molar refractivity (Wildman–Crippen MR) is 40.1 cm³/mol. The van der Waals surface area contributed by atoms with Crippen molar-refractivity contribution in [1.82, 2.24) is 5.43 Å². The quantitative estimate of drug-likeness (QED) is 0.313. The number of hydrogen-bond acceptors (Lipinski definition) is 3. The van der Waals surface area contributed by atoms with E-state index in [4.69, 9.17) is 4.74 Å². The van der Waals surface area contributed by atoms with Crippen molar-refractivity contribution in [1.29, 1.82) is 0 Å². The molecule has 0 aromatic heterocycles. The van der Waals surface area contributed by atoms with Crippen LogP contribution in [0.4, 0.5) is 0 Å². The third-order valence-corrected chi connectivity index (χ3v) is 0.675. The molecule has 0 fully saturated rings. The third kappa shape index (κ3) is 26.3. The molecule has 1 amide bonds. The van der Waals surface area contributed by atoms with Crippen LogP contribution in [0.2, 0.25) is 0 Å². The zero-order chi connectivity index (χ0) is 8.57. The summed E-state index contributed by atoms with van der Waals surface area (Å²) >= 11 is 0. The molecule has 0 aliphatic rings. The molecule has 0 aliphatic carbocycles. The lowest BCUT2D eigenvalue weighted by molar-refractivity contribution is -0.119. The highest BCUT2D eigenvalue weighted by Gasteiger charge is 1.78. The van der Waals surface area contributed by atoms with E-state index in [1.165, 1.54) is 6.92 Å². The molecule has 4 heteroatoms. The van der Waals surface area contributed by atoms with Crippen LogP contribution in [-0.4, -0.2) is 19.1 Å². The van der Waals surface area contributed by atoms with Crippen molar-refractivity contribution in [3.8, 4) is 0 Å². The number of rotatable bonds is 1. The standard InChI is InChI=1S/C4H10O.C2H6N2O/c1-4(2)5-3;1-2(5)4-3/h4H,1-3H3;3H2,1H3,(H,4,5). The number of amides is 1. The van der Waals surface area contributed by atoms with Crippen molar-refractivity contribution in [2.75, 3.05) is 7.11 Å². The smallest absolute Gasteiger partial charge is 0.230 e. The lowest BCUT2D eigenvalue weighted by atomic mass is 10.5. The van der Waals surface area contributed by atoms with Crippen molar-refractivity contribution in [2.45, 2.75) is 26.9 Å². The van der Waals surface area contributed by atoms with Crippen LogP contribution in [0.15, 0.2) is 0 Å². The van der Waals surface area contributed by atoms with Crippen LogP contribution >= 0.6 is 0 Å². The first-order valence-electron chi connectivity index (χ1n) is 3.04. The predicted octanol–water partition coefficient (Wildman–Crippen LogP) is 0.0374. The lowest BCUT2D eigenvalue weighted by Gasteiger charge is -1.94. The molecule has 0 aromatic carbocycles. The number of hydrogen-bond donors (Lipinski definition) is 2. The van der Waals surface area contributed by atoms with Gasteiger partial charge in [0.15, 0.2) is 0 Å². The number of carbonyl (C=O) groups is 1. The summed E-state index contributed by atoms with van der Waals surface area (Å²) in [4.78, 5) is 9.58. The molecule has 0 saturated carbocycles. The Morgan fingerprint density at radius 3 is 1.80 bits per heavy atom. The maximum absolute atomic E-state index is 9.58. The Balaban J connectivity index is 0. The molecule has 4 nitrogen and oxygen atoms in total. The first kappa shape index (κ1) is 12.1. The summed E-state index contributed by atoms with van der Waals surface area (Å²) in [6.07, 6.45) is 0.384.